The summed E-state index contributed by atoms with van der Waals surface area (Å²) in [5.41, 5.74) is 2.88. The lowest BCUT2D eigenvalue weighted by molar-refractivity contribution is 0.302. The summed E-state index contributed by atoms with van der Waals surface area (Å²) >= 11 is 18.6. The normalized spacial score (nSPS) is 10.7. The molecule has 3 rings (SSSR count). The minimum absolute atomic E-state index is 0.283. The van der Waals surface area contributed by atoms with Gasteiger partial charge in [-0.05, 0) is 48.0 Å². The van der Waals surface area contributed by atoms with Crippen LogP contribution in [-0.2, 0) is 19.7 Å². The Kier molecular flexibility index (Phi) is 7.46. The maximum atomic E-state index is 6.23. The molecule has 0 radical (unpaired) electrons. The van der Waals surface area contributed by atoms with Gasteiger partial charge in [-0.25, -0.2) is 0 Å². The van der Waals surface area contributed by atoms with Crippen molar-refractivity contribution in [2.45, 2.75) is 19.7 Å². The van der Waals surface area contributed by atoms with Crippen LogP contribution in [-0.4, -0.2) is 7.11 Å². The molecule has 6 heteroatoms. The average molecular weight is 437 g/mol. The molecule has 0 aliphatic heterocycles. The first-order chi connectivity index (χ1) is 13.6. The first-order valence-corrected chi connectivity index (χ1v) is 9.88. The minimum Gasteiger partial charge on any atom is -0.497 e. The van der Waals surface area contributed by atoms with Gasteiger partial charge in [0.2, 0.25) is 0 Å². The van der Waals surface area contributed by atoms with Gasteiger partial charge < -0.3 is 14.8 Å². The van der Waals surface area contributed by atoms with E-state index in [9.17, 15) is 0 Å². The van der Waals surface area contributed by atoms with Crippen LogP contribution in [0.4, 0.5) is 0 Å². The molecule has 0 aliphatic carbocycles. The lowest BCUT2D eigenvalue weighted by Gasteiger charge is -2.14. The molecule has 1 N–H and O–H groups in total. The lowest BCUT2D eigenvalue weighted by Crippen LogP contribution is -2.13. The molecule has 0 spiro atoms. The Bertz CT molecular complexity index is 909. The van der Waals surface area contributed by atoms with Crippen LogP contribution in [0, 0.1) is 0 Å². The Labute approximate surface area is 180 Å². The molecule has 0 aliphatic rings. The molecule has 0 fully saturated rings. The number of hydrogen-bond donors (Lipinski definition) is 1. The highest BCUT2D eigenvalue weighted by atomic mass is 35.5. The van der Waals surface area contributed by atoms with Crippen LogP contribution in [0.25, 0.3) is 0 Å². The van der Waals surface area contributed by atoms with Crippen molar-refractivity contribution in [3.8, 4) is 11.5 Å². The third-order valence-corrected chi connectivity index (χ3v) is 5.20. The van der Waals surface area contributed by atoms with Crippen LogP contribution in [0.2, 0.25) is 15.1 Å². The van der Waals surface area contributed by atoms with E-state index in [1.165, 1.54) is 0 Å². The molecule has 3 aromatic rings. The number of nitrogens with one attached hydrogen (secondary N) is 1. The van der Waals surface area contributed by atoms with Crippen molar-refractivity contribution in [1.82, 2.24) is 5.32 Å². The highest BCUT2D eigenvalue weighted by molar-refractivity contribution is 6.36. The summed E-state index contributed by atoms with van der Waals surface area (Å²) in [5, 5.41) is 5.24. The van der Waals surface area contributed by atoms with Crippen LogP contribution in [0.15, 0.2) is 60.7 Å². The molecule has 28 heavy (non-hydrogen) atoms. The van der Waals surface area contributed by atoms with Crippen molar-refractivity contribution in [2.75, 3.05) is 7.11 Å². The highest BCUT2D eigenvalue weighted by Gasteiger charge is 2.09. The molecule has 0 aromatic heterocycles. The summed E-state index contributed by atoms with van der Waals surface area (Å²) in [7, 11) is 1.66. The zero-order valence-corrected chi connectivity index (χ0v) is 17.6. The SMILES string of the molecule is COc1ccc(CNCc2cc(Cl)ccc2OCc2c(Cl)cccc2Cl)cc1. The van der Waals surface area contributed by atoms with E-state index in [1.54, 1.807) is 25.3 Å². The number of rotatable bonds is 8. The topological polar surface area (TPSA) is 30.5 Å². The number of methoxy groups -OCH3 is 1. The maximum Gasteiger partial charge on any atom is 0.124 e. The first-order valence-electron chi connectivity index (χ1n) is 8.74. The Balaban J connectivity index is 1.65. The van der Waals surface area contributed by atoms with E-state index in [1.807, 2.05) is 42.5 Å². The Hall–Kier alpha value is -1.91. The summed E-state index contributed by atoms with van der Waals surface area (Å²) in [4.78, 5) is 0. The standard InChI is InChI=1S/C22H20Cl3NO2/c1-27-18-8-5-15(6-9-18)12-26-13-16-11-17(23)7-10-22(16)28-14-19-20(24)3-2-4-21(19)25/h2-11,26H,12-14H2,1H3. The summed E-state index contributed by atoms with van der Waals surface area (Å²) in [6.45, 7) is 1.61. The van der Waals surface area contributed by atoms with Gasteiger partial charge in [-0.2, -0.15) is 0 Å². The second-order valence-corrected chi connectivity index (χ2v) is 7.44. The smallest absolute Gasteiger partial charge is 0.124 e. The Morgan fingerprint density at radius 1 is 0.857 bits per heavy atom. The Morgan fingerprint density at radius 2 is 1.57 bits per heavy atom. The van der Waals surface area contributed by atoms with Crippen LogP contribution < -0.4 is 14.8 Å². The molecular formula is C22H20Cl3NO2. The van der Waals surface area contributed by atoms with Crippen LogP contribution in [0.1, 0.15) is 16.7 Å². The molecule has 146 valence electrons. The van der Waals surface area contributed by atoms with Crippen molar-refractivity contribution in [3.05, 3.63) is 92.4 Å². The number of hydrogen-bond acceptors (Lipinski definition) is 3. The number of halogens is 3. The molecule has 0 saturated heterocycles. The fourth-order valence-electron chi connectivity index (χ4n) is 2.73. The predicted octanol–water partition coefficient (Wildman–Crippen LogP) is 6.52. The van der Waals surface area contributed by atoms with Gasteiger partial charge in [0.15, 0.2) is 0 Å². The van der Waals surface area contributed by atoms with E-state index in [2.05, 4.69) is 5.32 Å². The van der Waals surface area contributed by atoms with Crippen LogP contribution >= 0.6 is 34.8 Å². The van der Waals surface area contributed by atoms with Gasteiger partial charge >= 0.3 is 0 Å². The van der Waals surface area contributed by atoms with Gasteiger partial charge in [0, 0.05) is 39.3 Å². The fraction of sp³-hybridized carbons (Fsp3) is 0.182. The van der Waals surface area contributed by atoms with Gasteiger partial charge in [0.05, 0.1) is 7.11 Å². The molecule has 0 bridgehead atoms. The largest absolute Gasteiger partial charge is 0.497 e. The van der Waals surface area contributed by atoms with E-state index in [-0.39, 0.29) is 6.61 Å². The maximum absolute atomic E-state index is 6.23. The van der Waals surface area contributed by atoms with Crippen molar-refractivity contribution in [3.63, 3.8) is 0 Å². The van der Waals surface area contributed by atoms with Gasteiger partial charge in [-0.1, -0.05) is 53.0 Å². The average Bonchev–Trinajstić information content (AvgIpc) is 2.69. The van der Waals surface area contributed by atoms with Gasteiger partial charge in [-0.15, -0.1) is 0 Å². The van der Waals surface area contributed by atoms with Crippen LogP contribution in [0.5, 0.6) is 11.5 Å². The molecule has 3 nitrogen and oxygen atoms in total. The monoisotopic (exact) mass is 435 g/mol. The Morgan fingerprint density at radius 3 is 2.25 bits per heavy atom. The number of ether oxygens (including phenoxy) is 2. The molecule has 0 saturated carbocycles. The summed E-state index contributed by atoms with van der Waals surface area (Å²) in [6, 6.07) is 18.9. The lowest BCUT2D eigenvalue weighted by atomic mass is 10.1. The molecule has 0 unspecified atom stereocenters. The molecule has 3 aromatic carbocycles. The minimum atomic E-state index is 0.283. The highest BCUT2D eigenvalue weighted by Crippen LogP contribution is 2.28. The zero-order chi connectivity index (χ0) is 19.9. The van der Waals surface area contributed by atoms with E-state index in [4.69, 9.17) is 44.3 Å². The van der Waals surface area contributed by atoms with Crippen LogP contribution in [0.3, 0.4) is 0 Å². The number of benzene rings is 3. The van der Waals surface area contributed by atoms with Crippen molar-refractivity contribution in [1.29, 1.82) is 0 Å². The van der Waals surface area contributed by atoms with Gasteiger partial charge in [0.1, 0.15) is 18.1 Å². The quantitative estimate of drug-likeness (QED) is 0.436. The van der Waals surface area contributed by atoms with Crippen molar-refractivity contribution >= 4 is 34.8 Å². The second kappa shape index (κ2) is 10.0. The third-order valence-electron chi connectivity index (χ3n) is 4.26. The fourth-order valence-corrected chi connectivity index (χ4v) is 3.43. The third kappa shape index (κ3) is 5.55. The van der Waals surface area contributed by atoms with E-state index in [0.717, 1.165) is 28.2 Å². The summed E-state index contributed by atoms with van der Waals surface area (Å²) in [5.74, 6) is 1.58. The molecule has 0 heterocycles. The van der Waals surface area contributed by atoms with E-state index in [0.29, 0.717) is 28.2 Å². The predicted molar refractivity (Wildman–Crippen MR) is 116 cm³/mol. The second-order valence-electron chi connectivity index (χ2n) is 6.19. The summed E-state index contributed by atoms with van der Waals surface area (Å²) in [6.07, 6.45) is 0. The zero-order valence-electron chi connectivity index (χ0n) is 15.3. The van der Waals surface area contributed by atoms with Crippen molar-refractivity contribution < 1.29 is 9.47 Å². The molecule has 0 atom stereocenters. The summed E-state index contributed by atoms with van der Waals surface area (Å²) < 4.78 is 11.2. The van der Waals surface area contributed by atoms with Gasteiger partial charge in [0.25, 0.3) is 0 Å². The first kappa shape index (κ1) is 20.8. The molecule has 0 amide bonds. The van der Waals surface area contributed by atoms with Gasteiger partial charge in [-0.3, -0.25) is 0 Å². The molecular weight excluding hydrogens is 417 g/mol. The van der Waals surface area contributed by atoms with Crippen molar-refractivity contribution in [2.24, 2.45) is 0 Å². The van der Waals surface area contributed by atoms with E-state index < -0.39 is 0 Å². The van der Waals surface area contributed by atoms with E-state index >= 15 is 0 Å².